The van der Waals surface area contributed by atoms with Crippen molar-refractivity contribution in [2.24, 2.45) is 4.99 Å². The first kappa shape index (κ1) is 24.8. The lowest BCUT2D eigenvalue weighted by molar-refractivity contribution is 0.157. The number of benzene rings is 1. The molecule has 0 aliphatic carbocycles. The van der Waals surface area contributed by atoms with E-state index in [-0.39, 0.29) is 24.0 Å². The molecule has 1 N–H and O–H groups in total. The number of rotatable bonds is 8. The Morgan fingerprint density at radius 2 is 2.00 bits per heavy atom. The van der Waals surface area contributed by atoms with Crippen LogP contribution < -0.4 is 14.8 Å². The van der Waals surface area contributed by atoms with Gasteiger partial charge >= 0.3 is 0 Å². The van der Waals surface area contributed by atoms with Crippen LogP contribution in [-0.4, -0.2) is 76.3 Å². The van der Waals surface area contributed by atoms with E-state index in [1.165, 1.54) is 31.4 Å². The maximum absolute atomic E-state index is 5.40. The average molecular weight is 504 g/mol. The monoisotopic (exact) mass is 504 g/mol. The van der Waals surface area contributed by atoms with Gasteiger partial charge in [-0.3, -0.25) is 9.89 Å². The van der Waals surface area contributed by atoms with Gasteiger partial charge in [-0.25, -0.2) is 0 Å². The van der Waals surface area contributed by atoms with Crippen LogP contribution in [0.4, 0.5) is 0 Å². The Hall–Kier alpha value is -1.22. The number of hydrogen-bond donors (Lipinski definition) is 1. The first-order valence-electron chi connectivity index (χ1n) is 9.99. The van der Waals surface area contributed by atoms with Gasteiger partial charge in [0.2, 0.25) is 0 Å². The molecule has 1 aromatic rings. The maximum Gasteiger partial charge on any atom is 0.193 e. The second kappa shape index (κ2) is 13.1. The van der Waals surface area contributed by atoms with Crippen LogP contribution in [0.5, 0.6) is 11.5 Å². The number of nitrogens with zero attached hydrogens (tertiary/aromatic N) is 3. The number of ether oxygens (including phenoxy) is 2. The number of piperidine rings is 1. The highest BCUT2D eigenvalue weighted by Crippen LogP contribution is 2.27. The quantitative estimate of drug-likeness (QED) is 0.335. The van der Waals surface area contributed by atoms with E-state index < -0.39 is 0 Å². The lowest BCUT2D eigenvalue weighted by atomic mass is 10.0. The second-order valence-corrected chi connectivity index (χ2v) is 7.07. The molecular weight excluding hydrogens is 467 g/mol. The van der Waals surface area contributed by atoms with E-state index in [2.05, 4.69) is 40.1 Å². The fraction of sp³-hybridized carbons (Fsp3) is 0.667. The third kappa shape index (κ3) is 6.99. The van der Waals surface area contributed by atoms with Gasteiger partial charge in [-0.15, -0.1) is 24.0 Å². The first-order valence-corrected chi connectivity index (χ1v) is 9.99. The van der Waals surface area contributed by atoms with Crippen LogP contribution in [0.25, 0.3) is 0 Å². The molecule has 1 atom stereocenters. The SMILES string of the molecule is CCN1CCCCC1CNC(=NC)N(C)CCc1ccc(OC)c(OC)c1.I. The molecule has 0 aromatic heterocycles. The van der Waals surface area contributed by atoms with Crippen molar-refractivity contribution in [3.8, 4) is 11.5 Å². The van der Waals surface area contributed by atoms with Crippen molar-refractivity contribution in [2.75, 3.05) is 54.5 Å². The van der Waals surface area contributed by atoms with Crippen molar-refractivity contribution < 1.29 is 9.47 Å². The molecule has 1 saturated heterocycles. The number of guanidine groups is 1. The Bertz CT molecular complexity index is 612. The van der Waals surface area contributed by atoms with E-state index in [9.17, 15) is 0 Å². The minimum atomic E-state index is 0. The number of aliphatic imine (C=N–C) groups is 1. The largest absolute Gasteiger partial charge is 0.493 e. The highest BCUT2D eigenvalue weighted by atomic mass is 127. The van der Waals surface area contributed by atoms with Gasteiger partial charge in [0.05, 0.1) is 14.2 Å². The number of nitrogens with one attached hydrogen (secondary N) is 1. The van der Waals surface area contributed by atoms with Gasteiger partial charge < -0.3 is 19.7 Å². The maximum atomic E-state index is 5.40. The van der Waals surface area contributed by atoms with E-state index in [1.807, 2.05) is 19.2 Å². The molecule has 1 unspecified atom stereocenters. The molecule has 1 heterocycles. The molecule has 0 bridgehead atoms. The minimum absolute atomic E-state index is 0. The van der Waals surface area contributed by atoms with Crippen molar-refractivity contribution in [1.82, 2.24) is 15.1 Å². The summed E-state index contributed by atoms with van der Waals surface area (Å²) in [6.07, 6.45) is 4.84. The summed E-state index contributed by atoms with van der Waals surface area (Å²) in [5, 5.41) is 3.57. The van der Waals surface area contributed by atoms with Crippen LogP contribution in [0.2, 0.25) is 0 Å². The zero-order valence-corrected chi connectivity index (χ0v) is 20.4. The van der Waals surface area contributed by atoms with Crippen LogP contribution >= 0.6 is 24.0 Å². The van der Waals surface area contributed by atoms with Crippen LogP contribution in [0.15, 0.2) is 23.2 Å². The fourth-order valence-electron chi connectivity index (χ4n) is 3.74. The molecule has 0 radical (unpaired) electrons. The van der Waals surface area contributed by atoms with Crippen molar-refractivity contribution in [2.45, 2.75) is 38.6 Å². The second-order valence-electron chi connectivity index (χ2n) is 7.07. The van der Waals surface area contributed by atoms with Gasteiger partial charge in [-0.1, -0.05) is 19.4 Å². The molecule has 1 aromatic carbocycles. The van der Waals surface area contributed by atoms with Crippen LogP contribution in [-0.2, 0) is 6.42 Å². The summed E-state index contributed by atoms with van der Waals surface area (Å²) in [6, 6.07) is 6.71. The first-order chi connectivity index (χ1) is 13.1. The predicted octanol–water partition coefficient (Wildman–Crippen LogP) is 3.25. The standard InChI is InChI=1S/C21H36N4O2.HI/c1-6-25-13-8-7-9-18(25)16-23-21(22-2)24(3)14-12-17-10-11-19(26-4)20(15-17)27-5;/h10-11,15,18H,6-9,12-14,16H2,1-5H3,(H,22,23);1H. The van der Waals surface area contributed by atoms with Gasteiger partial charge in [0.1, 0.15) is 0 Å². The third-order valence-electron chi connectivity index (χ3n) is 5.41. The normalized spacial score (nSPS) is 17.6. The van der Waals surface area contributed by atoms with Crippen LogP contribution in [0.1, 0.15) is 31.7 Å². The highest BCUT2D eigenvalue weighted by molar-refractivity contribution is 14.0. The summed E-state index contributed by atoms with van der Waals surface area (Å²) in [5.74, 6) is 2.49. The van der Waals surface area contributed by atoms with E-state index in [1.54, 1.807) is 14.2 Å². The third-order valence-corrected chi connectivity index (χ3v) is 5.41. The molecule has 6 nitrogen and oxygen atoms in total. The Morgan fingerprint density at radius 3 is 2.64 bits per heavy atom. The lowest BCUT2D eigenvalue weighted by Gasteiger charge is -2.35. The molecular formula is C21H37IN4O2. The Balaban J connectivity index is 0.00000392. The summed E-state index contributed by atoms with van der Waals surface area (Å²) in [6.45, 7) is 6.44. The van der Waals surface area contributed by atoms with Crippen molar-refractivity contribution >= 4 is 29.9 Å². The number of halogens is 1. The molecule has 160 valence electrons. The van der Waals surface area contributed by atoms with Gasteiger partial charge in [-0.2, -0.15) is 0 Å². The number of likely N-dealkylation sites (tertiary alicyclic amines) is 1. The zero-order valence-electron chi connectivity index (χ0n) is 18.0. The molecule has 0 amide bonds. The lowest BCUT2D eigenvalue weighted by Crippen LogP contribution is -2.49. The van der Waals surface area contributed by atoms with Crippen LogP contribution in [0.3, 0.4) is 0 Å². The topological polar surface area (TPSA) is 49.3 Å². The molecule has 7 heteroatoms. The van der Waals surface area contributed by atoms with Crippen LogP contribution in [0, 0.1) is 0 Å². The highest BCUT2D eigenvalue weighted by Gasteiger charge is 2.21. The van der Waals surface area contributed by atoms with Crippen molar-refractivity contribution in [3.05, 3.63) is 23.8 Å². The summed E-state index contributed by atoms with van der Waals surface area (Å²) in [4.78, 5) is 9.23. The summed E-state index contributed by atoms with van der Waals surface area (Å²) >= 11 is 0. The van der Waals surface area contributed by atoms with E-state index >= 15 is 0 Å². The summed E-state index contributed by atoms with van der Waals surface area (Å²) in [7, 11) is 7.28. The Morgan fingerprint density at radius 1 is 1.25 bits per heavy atom. The van der Waals surface area contributed by atoms with E-state index in [4.69, 9.17) is 9.47 Å². The Labute approximate surface area is 187 Å². The van der Waals surface area contributed by atoms with Crippen molar-refractivity contribution in [3.63, 3.8) is 0 Å². The average Bonchev–Trinajstić information content (AvgIpc) is 2.72. The summed E-state index contributed by atoms with van der Waals surface area (Å²) in [5.41, 5.74) is 1.22. The Kier molecular flexibility index (Phi) is 11.6. The molecule has 28 heavy (non-hydrogen) atoms. The van der Waals surface area contributed by atoms with E-state index in [0.717, 1.165) is 43.5 Å². The van der Waals surface area contributed by atoms with Gasteiger partial charge in [0, 0.05) is 33.2 Å². The number of hydrogen-bond acceptors (Lipinski definition) is 4. The molecule has 0 spiro atoms. The molecule has 1 aliphatic rings. The molecule has 2 rings (SSSR count). The molecule has 1 fully saturated rings. The summed E-state index contributed by atoms with van der Waals surface area (Å²) < 4.78 is 10.7. The molecule has 0 saturated carbocycles. The minimum Gasteiger partial charge on any atom is -0.493 e. The zero-order chi connectivity index (χ0) is 19.6. The van der Waals surface area contributed by atoms with Crippen molar-refractivity contribution in [1.29, 1.82) is 0 Å². The predicted molar refractivity (Wildman–Crippen MR) is 128 cm³/mol. The number of likely N-dealkylation sites (N-methyl/N-ethyl adjacent to an activating group) is 2. The fourth-order valence-corrected chi connectivity index (χ4v) is 3.74. The van der Waals surface area contributed by atoms with Gasteiger partial charge in [0.15, 0.2) is 17.5 Å². The van der Waals surface area contributed by atoms with E-state index in [0.29, 0.717) is 6.04 Å². The van der Waals surface area contributed by atoms with Gasteiger partial charge in [0.25, 0.3) is 0 Å². The number of methoxy groups -OCH3 is 2. The van der Waals surface area contributed by atoms with Gasteiger partial charge in [-0.05, 0) is 50.0 Å². The molecule has 1 aliphatic heterocycles. The smallest absolute Gasteiger partial charge is 0.193 e.